The molecule has 0 aliphatic carbocycles. The van der Waals surface area contributed by atoms with Crippen LogP contribution < -0.4 is 9.47 Å². The molecular weight excluding hydrogens is 328 g/mol. The van der Waals surface area contributed by atoms with E-state index in [0.717, 1.165) is 26.5 Å². The lowest BCUT2D eigenvalue weighted by atomic mass is 10.2. The van der Waals surface area contributed by atoms with Crippen molar-refractivity contribution in [1.29, 1.82) is 0 Å². The lowest BCUT2D eigenvalue weighted by Gasteiger charge is -2.06. The van der Waals surface area contributed by atoms with Crippen molar-refractivity contribution in [3.8, 4) is 11.5 Å². The number of non-ortho nitro benzene ring substituents is 1. The third-order valence-corrected chi connectivity index (χ3v) is 4.43. The summed E-state index contributed by atoms with van der Waals surface area (Å²) in [6, 6.07) is 10.2. The van der Waals surface area contributed by atoms with E-state index in [-0.39, 0.29) is 5.69 Å². The average Bonchev–Trinajstić information content (AvgIpc) is 3.01. The fourth-order valence-electron chi connectivity index (χ4n) is 2.23. The predicted octanol–water partition coefficient (Wildman–Crippen LogP) is 4.39. The van der Waals surface area contributed by atoms with Gasteiger partial charge >= 0.3 is 0 Å². The van der Waals surface area contributed by atoms with Crippen LogP contribution in [-0.2, 0) is 0 Å². The summed E-state index contributed by atoms with van der Waals surface area (Å²) in [4.78, 5) is 14.9. The molecule has 0 saturated heterocycles. The number of thiazole rings is 1. The SMILES string of the molecule is COc1ccc(/C=C/c2nc3ccc([N+](=O)[O-])cc3s2)c(OC)c1. The van der Waals surface area contributed by atoms with Gasteiger partial charge in [0.15, 0.2) is 0 Å². The summed E-state index contributed by atoms with van der Waals surface area (Å²) in [5, 5.41) is 11.6. The number of fused-ring (bicyclic) bond motifs is 1. The van der Waals surface area contributed by atoms with E-state index in [4.69, 9.17) is 9.47 Å². The number of nitro groups is 1. The van der Waals surface area contributed by atoms with Gasteiger partial charge in [0, 0.05) is 23.8 Å². The first-order valence-corrected chi connectivity index (χ1v) is 7.87. The number of methoxy groups -OCH3 is 2. The summed E-state index contributed by atoms with van der Waals surface area (Å²) in [7, 11) is 3.20. The maximum absolute atomic E-state index is 10.8. The number of nitrogens with zero attached hydrogens (tertiary/aromatic N) is 2. The van der Waals surface area contributed by atoms with Gasteiger partial charge in [-0.1, -0.05) is 0 Å². The topological polar surface area (TPSA) is 74.5 Å². The van der Waals surface area contributed by atoms with Crippen LogP contribution in [0.25, 0.3) is 22.4 Å². The standard InChI is InChI=1S/C17H14N2O4S/c1-22-13-6-3-11(15(10-13)23-2)4-8-17-18-14-7-5-12(19(20)21)9-16(14)24-17/h3-10H,1-2H3/b8-4+. The molecule has 1 aromatic heterocycles. The Hall–Kier alpha value is -2.93. The zero-order valence-electron chi connectivity index (χ0n) is 13.1. The van der Waals surface area contributed by atoms with Crippen molar-refractivity contribution in [3.05, 3.63) is 57.1 Å². The Morgan fingerprint density at radius 2 is 1.96 bits per heavy atom. The summed E-state index contributed by atoms with van der Waals surface area (Å²) in [5.74, 6) is 1.42. The molecule has 3 aromatic rings. The fraction of sp³-hybridized carbons (Fsp3) is 0.118. The fourth-order valence-corrected chi connectivity index (χ4v) is 3.14. The second kappa shape index (κ2) is 6.67. The van der Waals surface area contributed by atoms with Crippen molar-refractivity contribution < 1.29 is 14.4 Å². The second-order valence-corrected chi connectivity index (χ2v) is 5.96. The van der Waals surface area contributed by atoms with Crippen molar-refractivity contribution in [2.75, 3.05) is 14.2 Å². The van der Waals surface area contributed by atoms with Crippen LogP contribution in [0, 0.1) is 10.1 Å². The molecule has 0 atom stereocenters. The number of ether oxygens (including phenoxy) is 2. The highest BCUT2D eigenvalue weighted by Crippen LogP contribution is 2.29. The van der Waals surface area contributed by atoms with Gasteiger partial charge in [-0.25, -0.2) is 4.98 Å². The Labute approximate surface area is 142 Å². The first-order valence-electron chi connectivity index (χ1n) is 7.06. The van der Waals surface area contributed by atoms with Gasteiger partial charge in [-0.05, 0) is 30.4 Å². The monoisotopic (exact) mass is 342 g/mol. The van der Waals surface area contributed by atoms with Crippen LogP contribution in [0.1, 0.15) is 10.6 Å². The van der Waals surface area contributed by atoms with Crippen molar-refractivity contribution in [1.82, 2.24) is 4.98 Å². The summed E-state index contributed by atoms with van der Waals surface area (Å²) >= 11 is 1.40. The van der Waals surface area contributed by atoms with Crippen LogP contribution in [0.15, 0.2) is 36.4 Å². The molecule has 0 amide bonds. The van der Waals surface area contributed by atoms with Crippen molar-refractivity contribution in [2.45, 2.75) is 0 Å². The summed E-state index contributed by atoms with van der Waals surface area (Å²) < 4.78 is 11.3. The highest BCUT2D eigenvalue weighted by molar-refractivity contribution is 7.19. The molecule has 0 radical (unpaired) electrons. The van der Waals surface area contributed by atoms with E-state index >= 15 is 0 Å². The predicted molar refractivity (Wildman–Crippen MR) is 94.7 cm³/mol. The van der Waals surface area contributed by atoms with Gasteiger partial charge in [0.2, 0.25) is 0 Å². The molecular formula is C17H14N2O4S. The zero-order chi connectivity index (χ0) is 17.1. The Kier molecular flexibility index (Phi) is 4.43. The molecule has 0 fully saturated rings. The van der Waals surface area contributed by atoms with Crippen LogP contribution in [0.3, 0.4) is 0 Å². The molecule has 7 heteroatoms. The van der Waals surface area contributed by atoms with E-state index < -0.39 is 4.92 Å². The molecule has 0 aliphatic heterocycles. The Bertz CT molecular complexity index is 933. The number of benzene rings is 2. The first-order chi connectivity index (χ1) is 11.6. The molecule has 0 bridgehead atoms. The van der Waals surface area contributed by atoms with Gasteiger partial charge < -0.3 is 9.47 Å². The lowest BCUT2D eigenvalue weighted by Crippen LogP contribution is -1.89. The van der Waals surface area contributed by atoms with Crippen LogP contribution in [0.4, 0.5) is 5.69 Å². The van der Waals surface area contributed by atoms with Crippen molar-refractivity contribution >= 4 is 39.4 Å². The Balaban J connectivity index is 1.91. The minimum Gasteiger partial charge on any atom is -0.497 e. The summed E-state index contributed by atoms with van der Waals surface area (Å²) in [5.41, 5.74) is 1.70. The van der Waals surface area contributed by atoms with Crippen LogP contribution in [-0.4, -0.2) is 24.1 Å². The largest absolute Gasteiger partial charge is 0.497 e. The highest BCUT2D eigenvalue weighted by atomic mass is 32.1. The highest BCUT2D eigenvalue weighted by Gasteiger charge is 2.09. The lowest BCUT2D eigenvalue weighted by molar-refractivity contribution is -0.384. The first kappa shape index (κ1) is 15.9. The van der Waals surface area contributed by atoms with Crippen LogP contribution >= 0.6 is 11.3 Å². The second-order valence-electron chi connectivity index (χ2n) is 4.90. The molecule has 0 aliphatic rings. The molecule has 0 unspecified atom stereocenters. The van der Waals surface area contributed by atoms with Gasteiger partial charge in [0.25, 0.3) is 5.69 Å². The number of nitro benzene ring substituents is 1. The molecule has 24 heavy (non-hydrogen) atoms. The minimum absolute atomic E-state index is 0.0681. The summed E-state index contributed by atoms with van der Waals surface area (Å²) in [6.07, 6.45) is 3.76. The quantitative estimate of drug-likeness (QED) is 0.508. The maximum Gasteiger partial charge on any atom is 0.270 e. The Morgan fingerprint density at radius 1 is 1.12 bits per heavy atom. The number of aromatic nitrogens is 1. The molecule has 0 spiro atoms. The molecule has 0 saturated carbocycles. The van der Waals surface area contributed by atoms with Crippen LogP contribution in [0.5, 0.6) is 11.5 Å². The van der Waals surface area contributed by atoms with Gasteiger partial charge in [-0.15, -0.1) is 11.3 Å². The van der Waals surface area contributed by atoms with Crippen molar-refractivity contribution in [3.63, 3.8) is 0 Å². The summed E-state index contributed by atoms with van der Waals surface area (Å²) in [6.45, 7) is 0. The average molecular weight is 342 g/mol. The molecule has 2 aromatic carbocycles. The van der Waals surface area contributed by atoms with Gasteiger partial charge in [-0.3, -0.25) is 10.1 Å². The molecule has 1 heterocycles. The number of hydrogen-bond acceptors (Lipinski definition) is 6. The molecule has 122 valence electrons. The Morgan fingerprint density at radius 3 is 2.67 bits per heavy atom. The normalized spacial score (nSPS) is 11.1. The smallest absolute Gasteiger partial charge is 0.270 e. The molecule has 0 N–H and O–H groups in total. The van der Waals surface area contributed by atoms with Gasteiger partial charge in [0.1, 0.15) is 16.5 Å². The van der Waals surface area contributed by atoms with E-state index in [0.29, 0.717) is 5.75 Å². The minimum atomic E-state index is -0.406. The zero-order valence-corrected chi connectivity index (χ0v) is 13.9. The maximum atomic E-state index is 10.8. The van der Waals surface area contributed by atoms with E-state index in [1.54, 1.807) is 26.4 Å². The van der Waals surface area contributed by atoms with Crippen LogP contribution in [0.2, 0.25) is 0 Å². The third-order valence-electron chi connectivity index (χ3n) is 3.45. The third kappa shape index (κ3) is 3.21. The van der Waals surface area contributed by atoms with E-state index in [1.807, 2.05) is 24.3 Å². The van der Waals surface area contributed by atoms with E-state index in [2.05, 4.69) is 4.98 Å². The van der Waals surface area contributed by atoms with Crippen molar-refractivity contribution in [2.24, 2.45) is 0 Å². The van der Waals surface area contributed by atoms with Gasteiger partial charge in [0.05, 0.1) is 29.4 Å². The van der Waals surface area contributed by atoms with E-state index in [1.165, 1.54) is 23.5 Å². The van der Waals surface area contributed by atoms with Gasteiger partial charge in [-0.2, -0.15) is 0 Å². The number of rotatable bonds is 5. The molecule has 6 nitrogen and oxygen atoms in total. The number of hydrogen-bond donors (Lipinski definition) is 0. The van der Waals surface area contributed by atoms with E-state index in [9.17, 15) is 10.1 Å². The molecule has 3 rings (SSSR count).